The van der Waals surface area contributed by atoms with E-state index in [-0.39, 0.29) is 5.82 Å². The highest BCUT2D eigenvalue weighted by Gasteiger charge is 2.09. The van der Waals surface area contributed by atoms with Gasteiger partial charge in [-0.05, 0) is 64.8 Å². The molecule has 0 saturated carbocycles. The Morgan fingerprint density at radius 3 is 2.81 bits per heavy atom. The van der Waals surface area contributed by atoms with Crippen molar-refractivity contribution in [1.82, 2.24) is 4.98 Å². The van der Waals surface area contributed by atoms with Gasteiger partial charge in [0, 0.05) is 17.3 Å². The smallest absolute Gasteiger partial charge is 0.139 e. The van der Waals surface area contributed by atoms with Crippen molar-refractivity contribution in [1.29, 1.82) is 0 Å². The molecule has 0 atom stereocenters. The predicted octanol–water partition coefficient (Wildman–Crippen LogP) is 4.77. The summed E-state index contributed by atoms with van der Waals surface area (Å²) < 4.78 is 14.1. The molecule has 21 heavy (non-hydrogen) atoms. The van der Waals surface area contributed by atoms with Gasteiger partial charge in [-0.3, -0.25) is 4.98 Å². The molecule has 3 N–H and O–H groups in total. The van der Waals surface area contributed by atoms with E-state index in [9.17, 15) is 4.39 Å². The molecule has 0 fully saturated rings. The fourth-order valence-corrected chi connectivity index (χ4v) is 2.67. The third kappa shape index (κ3) is 2.56. The summed E-state index contributed by atoms with van der Waals surface area (Å²) in [6.45, 7) is 1.91. The van der Waals surface area contributed by atoms with Crippen LogP contribution in [0.1, 0.15) is 5.56 Å². The molecule has 3 rings (SSSR count). The van der Waals surface area contributed by atoms with Gasteiger partial charge >= 0.3 is 0 Å². The molecule has 3 nitrogen and oxygen atoms in total. The van der Waals surface area contributed by atoms with Crippen LogP contribution in [0.4, 0.5) is 21.5 Å². The van der Waals surface area contributed by atoms with Crippen LogP contribution in [0.5, 0.6) is 0 Å². The van der Waals surface area contributed by atoms with Crippen molar-refractivity contribution >= 4 is 43.9 Å². The number of fused-ring (bicyclic) bond motifs is 1. The summed E-state index contributed by atoms with van der Waals surface area (Å²) in [5.74, 6) is -0.316. The number of rotatable bonds is 2. The molecule has 1 aromatic heterocycles. The Kier molecular flexibility index (Phi) is 3.51. The van der Waals surface area contributed by atoms with Crippen molar-refractivity contribution in [2.75, 3.05) is 11.1 Å². The Morgan fingerprint density at radius 1 is 1.19 bits per heavy atom. The molecule has 0 radical (unpaired) electrons. The lowest BCUT2D eigenvalue weighted by atomic mass is 10.1. The van der Waals surface area contributed by atoms with Gasteiger partial charge in [0.1, 0.15) is 5.82 Å². The van der Waals surface area contributed by atoms with E-state index in [4.69, 9.17) is 5.73 Å². The average Bonchev–Trinajstić information content (AvgIpc) is 2.48. The van der Waals surface area contributed by atoms with E-state index in [0.29, 0.717) is 15.8 Å². The fraction of sp³-hybridized carbons (Fsp3) is 0.0625. The monoisotopic (exact) mass is 345 g/mol. The van der Waals surface area contributed by atoms with E-state index in [1.54, 1.807) is 12.3 Å². The topological polar surface area (TPSA) is 50.9 Å². The van der Waals surface area contributed by atoms with Crippen LogP contribution in [-0.4, -0.2) is 4.98 Å². The molecule has 3 aromatic rings. The summed E-state index contributed by atoms with van der Waals surface area (Å²) in [5, 5.41) is 4.06. The number of hydrogen-bond donors (Lipinski definition) is 2. The number of halogens is 2. The van der Waals surface area contributed by atoms with Gasteiger partial charge in [0.25, 0.3) is 0 Å². The van der Waals surface area contributed by atoms with E-state index in [1.807, 2.05) is 31.2 Å². The Balaban J connectivity index is 2.06. The van der Waals surface area contributed by atoms with Crippen LogP contribution in [-0.2, 0) is 0 Å². The van der Waals surface area contributed by atoms with Gasteiger partial charge < -0.3 is 11.1 Å². The van der Waals surface area contributed by atoms with Crippen molar-refractivity contribution < 1.29 is 4.39 Å². The molecule has 2 aromatic carbocycles. The fourth-order valence-electron chi connectivity index (χ4n) is 2.21. The SMILES string of the molecule is Cc1cc(Br)c(F)cc1Nc1ccc2ncccc2c1N. The zero-order valence-corrected chi connectivity index (χ0v) is 12.9. The van der Waals surface area contributed by atoms with Crippen LogP contribution in [0.2, 0.25) is 0 Å². The lowest BCUT2D eigenvalue weighted by Gasteiger charge is -2.14. The maximum atomic E-state index is 13.7. The highest BCUT2D eigenvalue weighted by Crippen LogP contribution is 2.32. The van der Waals surface area contributed by atoms with Gasteiger partial charge in [-0.25, -0.2) is 4.39 Å². The Bertz CT molecular complexity index is 833. The van der Waals surface area contributed by atoms with E-state index >= 15 is 0 Å². The lowest BCUT2D eigenvalue weighted by Crippen LogP contribution is -2.00. The van der Waals surface area contributed by atoms with Crippen LogP contribution in [0.25, 0.3) is 10.9 Å². The molecule has 0 aliphatic carbocycles. The first-order valence-corrected chi connectivity index (χ1v) is 7.21. The number of nitrogen functional groups attached to an aromatic ring is 1. The first kappa shape index (κ1) is 13.8. The predicted molar refractivity (Wildman–Crippen MR) is 88.3 cm³/mol. The van der Waals surface area contributed by atoms with Crippen molar-refractivity contribution in [2.45, 2.75) is 6.92 Å². The van der Waals surface area contributed by atoms with Crippen LogP contribution < -0.4 is 11.1 Å². The zero-order chi connectivity index (χ0) is 15.0. The van der Waals surface area contributed by atoms with Crippen molar-refractivity contribution in [3.05, 3.63) is 58.4 Å². The lowest BCUT2D eigenvalue weighted by molar-refractivity contribution is 0.621. The molecule has 0 spiro atoms. The second-order valence-electron chi connectivity index (χ2n) is 4.80. The molecule has 0 amide bonds. The minimum Gasteiger partial charge on any atom is -0.396 e. The Morgan fingerprint density at radius 2 is 2.00 bits per heavy atom. The molecule has 0 bridgehead atoms. The van der Waals surface area contributed by atoms with Gasteiger partial charge in [0.05, 0.1) is 21.4 Å². The maximum Gasteiger partial charge on any atom is 0.139 e. The molecule has 0 unspecified atom stereocenters. The number of benzene rings is 2. The summed E-state index contributed by atoms with van der Waals surface area (Å²) in [7, 11) is 0. The zero-order valence-electron chi connectivity index (χ0n) is 11.3. The van der Waals surface area contributed by atoms with Crippen LogP contribution in [0, 0.1) is 12.7 Å². The van der Waals surface area contributed by atoms with Crippen LogP contribution in [0.3, 0.4) is 0 Å². The maximum absolute atomic E-state index is 13.7. The molecule has 0 aliphatic rings. The van der Waals surface area contributed by atoms with Crippen molar-refractivity contribution in [2.24, 2.45) is 0 Å². The van der Waals surface area contributed by atoms with E-state index in [2.05, 4.69) is 26.2 Å². The van der Waals surface area contributed by atoms with Gasteiger partial charge in [0.15, 0.2) is 0 Å². The minimum absolute atomic E-state index is 0.316. The summed E-state index contributed by atoms with van der Waals surface area (Å²) in [5.41, 5.74) is 9.96. The van der Waals surface area contributed by atoms with Crippen LogP contribution in [0.15, 0.2) is 47.1 Å². The van der Waals surface area contributed by atoms with E-state index in [0.717, 1.165) is 22.2 Å². The quantitative estimate of drug-likeness (QED) is 0.657. The highest BCUT2D eigenvalue weighted by molar-refractivity contribution is 9.10. The first-order chi connectivity index (χ1) is 10.1. The van der Waals surface area contributed by atoms with Gasteiger partial charge in [-0.15, -0.1) is 0 Å². The number of aryl methyl sites for hydroxylation is 1. The van der Waals surface area contributed by atoms with Crippen molar-refractivity contribution in [3.63, 3.8) is 0 Å². The van der Waals surface area contributed by atoms with Gasteiger partial charge in [0.2, 0.25) is 0 Å². The number of nitrogens with one attached hydrogen (secondary N) is 1. The number of nitrogens with zero attached hydrogens (tertiary/aromatic N) is 1. The second kappa shape index (κ2) is 5.33. The van der Waals surface area contributed by atoms with E-state index < -0.39 is 0 Å². The average molecular weight is 346 g/mol. The molecule has 0 saturated heterocycles. The molecule has 0 aliphatic heterocycles. The van der Waals surface area contributed by atoms with Crippen molar-refractivity contribution in [3.8, 4) is 0 Å². The summed E-state index contributed by atoms with van der Waals surface area (Å²) in [4.78, 5) is 4.26. The Labute approximate surface area is 130 Å². The first-order valence-electron chi connectivity index (χ1n) is 6.42. The highest BCUT2D eigenvalue weighted by atomic mass is 79.9. The largest absolute Gasteiger partial charge is 0.396 e. The molecular weight excluding hydrogens is 333 g/mol. The van der Waals surface area contributed by atoms with Gasteiger partial charge in [-0.2, -0.15) is 0 Å². The summed E-state index contributed by atoms with van der Waals surface area (Å²) in [6.07, 6.45) is 1.73. The molecule has 106 valence electrons. The van der Waals surface area contributed by atoms with Gasteiger partial charge in [-0.1, -0.05) is 0 Å². The summed E-state index contributed by atoms with van der Waals surface area (Å²) in [6, 6.07) is 10.7. The molecular formula is C16H13BrFN3. The third-order valence-electron chi connectivity index (χ3n) is 3.36. The number of hydrogen-bond acceptors (Lipinski definition) is 3. The minimum atomic E-state index is -0.316. The normalized spacial score (nSPS) is 10.8. The third-order valence-corrected chi connectivity index (χ3v) is 3.97. The van der Waals surface area contributed by atoms with E-state index in [1.165, 1.54) is 6.07 Å². The number of nitrogens with two attached hydrogens (primary N) is 1. The Hall–Kier alpha value is -2.14. The number of aromatic nitrogens is 1. The van der Waals surface area contributed by atoms with Crippen LogP contribution >= 0.6 is 15.9 Å². The standard InChI is InChI=1S/C16H13BrFN3/c1-9-7-11(17)12(18)8-15(9)21-14-5-4-13-10(16(14)19)3-2-6-20-13/h2-8,21H,19H2,1H3. The molecule has 1 heterocycles. The summed E-state index contributed by atoms with van der Waals surface area (Å²) >= 11 is 3.18. The number of anilines is 3. The number of pyridine rings is 1. The second-order valence-corrected chi connectivity index (χ2v) is 5.66. The molecule has 5 heteroatoms.